The lowest BCUT2D eigenvalue weighted by Crippen LogP contribution is -2.29. The molecule has 1 aromatic heterocycles. The van der Waals surface area contributed by atoms with Crippen LogP contribution in [-0.4, -0.2) is 11.1 Å². The Bertz CT molecular complexity index is 1000. The zero-order valence-electron chi connectivity index (χ0n) is 16.7. The van der Waals surface area contributed by atoms with Crippen LogP contribution in [0.4, 0.5) is 5.82 Å². The number of aryl methyl sites for hydroxylation is 1. The lowest BCUT2D eigenvalue weighted by molar-refractivity contribution is -0.113. The first kappa shape index (κ1) is 19.4. The first-order valence-corrected chi connectivity index (χ1v) is 9.24. The van der Waals surface area contributed by atoms with Gasteiger partial charge in [0.25, 0.3) is 0 Å². The fourth-order valence-electron chi connectivity index (χ4n) is 2.60. The standard InChI is InChI=1S/C24H24N2O2/c1-18-10-12-19(13-11-18)14-15-23(27)26(17-20-8-6-5-7-9-20)22-16-21(28-25-22)24(2,3)4/h5-13,16H,17H2,1-4H3. The molecule has 28 heavy (non-hydrogen) atoms. The SMILES string of the molecule is Cc1ccc(C#CC(=O)N(Cc2ccccc2)c2cc(C(C)(C)C)on2)cc1. The summed E-state index contributed by atoms with van der Waals surface area (Å²) in [5.74, 6) is 6.56. The third-order valence-electron chi connectivity index (χ3n) is 4.31. The Kier molecular flexibility index (Phi) is 5.65. The van der Waals surface area contributed by atoms with Crippen molar-refractivity contribution in [2.75, 3.05) is 4.90 Å². The summed E-state index contributed by atoms with van der Waals surface area (Å²) in [5, 5.41) is 4.13. The molecule has 0 unspecified atom stereocenters. The van der Waals surface area contributed by atoms with Gasteiger partial charge >= 0.3 is 5.91 Å². The lowest BCUT2D eigenvalue weighted by atomic mass is 9.93. The number of carbonyl (C=O) groups is 1. The van der Waals surface area contributed by atoms with E-state index in [1.165, 1.54) is 0 Å². The van der Waals surface area contributed by atoms with Crippen molar-refractivity contribution in [2.24, 2.45) is 0 Å². The summed E-state index contributed by atoms with van der Waals surface area (Å²) in [5.41, 5.74) is 2.75. The predicted octanol–water partition coefficient (Wildman–Crippen LogP) is 4.87. The minimum atomic E-state index is -0.321. The molecule has 0 radical (unpaired) electrons. The van der Waals surface area contributed by atoms with Crippen molar-refractivity contribution in [3.8, 4) is 11.8 Å². The number of hydrogen-bond acceptors (Lipinski definition) is 3. The first-order chi connectivity index (χ1) is 13.3. The Labute approximate surface area is 166 Å². The molecule has 0 saturated carbocycles. The van der Waals surface area contributed by atoms with E-state index in [1.807, 2.05) is 88.4 Å². The fourth-order valence-corrected chi connectivity index (χ4v) is 2.60. The molecule has 0 aliphatic rings. The van der Waals surface area contributed by atoms with Crippen LogP contribution < -0.4 is 4.90 Å². The Morgan fingerprint density at radius 2 is 1.75 bits per heavy atom. The van der Waals surface area contributed by atoms with Crippen molar-refractivity contribution >= 4 is 11.7 Å². The van der Waals surface area contributed by atoms with Crippen LogP contribution in [0.5, 0.6) is 0 Å². The van der Waals surface area contributed by atoms with Crippen LogP contribution in [0.2, 0.25) is 0 Å². The van der Waals surface area contributed by atoms with E-state index >= 15 is 0 Å². The molecule has 1 heterocycles. The number of aromatic nitrogens is 1. The summed E-state index contributed by atoms with van der Waals surface area (Å²) < 4.78 is 5.48. The highest BCUT2D eigenvalue weighted by molar-refractivity contribution is 6.05. The molecule has 0 atom stereocenters. The first-order valence-electron chi connectivity index (χ1n) is 9.24. The molecular formula is C24H24N2O2. The van der Waals surface area contributed by atoms with Crippen molar-refractivity contribution < 1.29 is 9.32 Å². The van der Waals surface area contributed by atoms with Gasteiger partial charge in [0.2, 0.25) is 0 Å². The van der Waals surface area contributed by atoms with Crippen LogP contribution >= 0.6 is 0 Å². The summed E-state index contributed by atoms with van der Waals surface area (Å²) in [6, 6.07) is 19.4. The van der Waals surface area contributed by atoms with E-state index in [-0.39, 0.29) is 11.3 Å². The van der Waals surface area contributed by atoms with E-state index in [4.69, 9.17) is 4.52 Å². The summed E-state index contributed by atoms with van der Waals surface area (Å²) in [6.07, 6.45) is 0. The largest absolute Gasteiger partial charge is 0.359 e. The zero-order valence-corrected chi connectivity index (χ0v) is 16.7. The lowest BCUT2D eigenvalue weighted by Gasteiger charge is -2.17. The number of carbonyl (C=O) groups excluding carboxylic acids is 1. The molecule has 1 amide bonds. The average molecular weight is 372 g/mol. The molecule has 142 valence electrons. The smallest absolute Gasteiger partial charge is 0.304 e. The van der Waals surface area contributed by atoms with E-state index in [2.05, 4.69) is 17.0 Å². The van der Waals surface area contributed by atoms with Crippen LogP contribution in [0.1, 0.15) is 43.2 Å². The van der Waals surface area contributed by atoms with Gasteiger partial charge in [-0.25, -0.2) is 0 Å². The number of rotatable bonds is 3. The third kappa shape index (κ3) is 4.89. The van der Waals surface area contributed by atoms with Crippen LogP contribution in [0.3, 0.4) is 0 Å². The molecule has 0 aliphatic heterocycles. The van der Waals surface area contributed by atoms with E-state index < -0.39 is 0 Å². The van der Waals surface area contributed by atoms with Crippen LogP contribution in [-0.2, 0) is 16.8 Å². The van der Waals surface area contributed by atoms with Gasteiger partial charge in [0, 0.05) is 23.0 Å². The highest BCUT2D eigenvalue weighted by Crippen LogP contribution is 2.27. The Morgan fingerprint density at radius 3 is 2.36 bits per heavy atom. The molecular weight excluding hydrogens is 348 g/mol. The van der Waals surface area contributed by atoms with Gasteiger partial charge in [-0.05, 0) is 24.6 Å². The van der Waals surface area contributed by atoms with E-state index in [0.717, 1.165) is 22.5 Å². The maximum Gasteiger partial charge on any atom is 0.304 e. The Balaban J connectivity index is 1.90. The monoisotopic (exact) mass is 372 g/mol. The topological polar surface area (TPSA) is 46.3 Å². The minimum Gasteiger partial charge on any atom is -0.359 e. The Hall–Kier alpha value is -3.32. The molecule has 3 aromatic rings. The summed E-state index contributed by atoms with van der Waals surface area (Å²) >= 11 is 0. The molecule has 3 rings (SSSR count). The third-order valence-corrected chi connectivity index (χ3v) is 4.31. The number of nitrogens with zero attached hydrogens (tertiary/aromatic N) is 2. The van der Waals surface area contributed by atoms with Crippen molar-refractivity contribution in [1.29, 1.82) is 0 Å². The molecule has 0 aliphatic carbocycles. The van der Waals surface area contributed by atoms with Gasteiger partial charge < -0.3 is 4.52 Å². The fraction of sp³-hybridized carbons (Fsp3) is 0.250. The highest BCUT2D eigenvalue weighted by Gasteiger charge is 2.24. The predicted molar refractivity (Wildman–Crippen MR) is 111 cm³/mol. The average Bonchev–Trinajstić information content (AvgIpc) is 3.16. The van der Waals surface area contributed by atoms with Crippen molar-refractivity contribution in [1.82, 2.24) is 5.16 Å². The summed E-state index contributed by atoms with van der Waals surface area (Å²) in [7, 11) is 0. The van der Waals surface area contributed by atoms with E-state index in [9.17, 15) is 4.79 Å². The van der Waals surface area contributed by atoms with Gasteiger partial charge in [-0.3, -0.25) is 9.69 Å². The van der Waals surface area contributed by atoms with Gasteiger partial charge in [0.15, 0.2) is 5.82 Å². The molecule has 0 saturated heterocycles. The van der Waals surface area contributed by atoms with E-state index in [1.54, 1.807) is 4.90 Å². The molecule has 2 aromatic carbocycles. The van der Waals surface area contributed by atoms with E-state index in [0.29, 0.717) is 12.4 Å². The van der Waals surface area contributed by atoms with Crippen molar-refractivity contribution in [3.63, 3.8) is 0 Å². The van der Waals surface area contributed by atoms with Crippen molar-refractivity contribution in [2.45, 2.75) is 39.7 Å². The zero-order chi connectivity index (χ0) is 20.1. The van der Waals surface area contributed by atoms with Gasteiger partial charge in [-0.15, -0.1) is 0 Å². The maximum atomic E-state index is 12.9. The molecule has 0 N–H and O–H groups in total. The maximum absolute atomic E-state index is 12.9. The van der Waals surface area contributed by atoms with Gasteiger partial charge in [0.05, 0.1) is 6.54 Å². The number of anilines is 1. The Morgan fingerprint density at radius 1 is 1.07 bits per heavy atom. The number of hydrogen-bond donors (Lipinski definition) is 0. The van der Waals surface area contributed by atoms with Crippen LogP contribution in [0, 0.1) is 18.8 Å². The van der Waals surface area contributed by atoms with Crippen molar-refractivity contribution in [3.05, 3.63) is 83.1 Å². The van der Waals surface area contributed by atoms with Crippen LogP contribution in [0.25, 0.3) is 0 Å². The molecule has 4 nitrogen and oxygen atoms in total. The number of benzene rings is 2. The van der Waals surface area contributed by atoms with Gasteiger partial charge in [-0.1, -0.05) is 79.9 Å². The number of amides is 1. The van der Waals surface area contributed by atoms with Gasteiger partial charge in [0.1, 0.15) is 5.76 Å². The van der Waals surface area contributed by atoms with Crippen LogP contribution in [0.15, 0.2) is 65.2 Å². The van der Waals surface area contributed by atoms with Gasteiger partial charge in [-0.2, -0.15) is 0 Å². The quantitative estimate of drug-likeness (QED) is 0.617. The minimum absolute atomic E-state index is 0.194. The second-order valence-corrected chi connectivity index (χ2v) is 7.79. The normalized spacial score (nSPS) is 10.9. The molecule has 0 bridgehead atoms. The summed E-state index contributed by atoms with van der Waals surface area (Å²) in [4.78, 5) is 14.5. The second kappa shape index (κ2) is 8.14. The molecule has 0 spiro atoms. The summed E-state index contributed by atoms with van der Waals surface area (Å²) in [6.45, 7) is 8.51. The molecule has 4 heteroatoms. The highest BCUT2D eigenvalue weighted by atomic mass is 16.5. The second-order valence-electron chi connectivity index (χ2n) is 7.79. The molecule has 0 fully saturated rings.